The number of hydrogen-bond donors (Lipinski definition) is 2. The third-order valence-corrected chi connectivity index (χ3v) is 7.51. The minimum Gasteiger partial charge on any atom is -0.356 e. The van der Waals surface area contributed by atoms with Crippen molar-refractivity contribution in [2.45, 2.75) is 45.1 Å². The lowest BCUT2D eigenvalue weighted by Gasteiger charge is -2.27. The first-order valence-corrected chi connectivity index (χ1v) is 13.7. The van der Waals surface area contributed by atoms with E-state index in [-0.39, 0.29) is 6.03 Å². The second-order valence-electron chi connectivity index (χ2n) is 10.2. The van der Waals surface area contributed by atoms with Gasteiger partial charge in [-0.3, -0.25) is 9.89 Å². The second-order valence-corrected chi connectivity index (χ2v) is 10.2. The maximum Gasteiger partial charge on any atom is 0.349 e. The van der Waals surface area contributed by atoms with Gasteiger partial charge in [-0.05, 0) is 55.2 Å². The number of carbonyl (C=O) groups excluding carboxylic acids is 1. The molecule has 0 bridgehead atoms. The van der Waals surface area contributed by atoms with E-state index in [1.165, 1.54) is 19.3 Å². The zero-order chi connectivity index (χ0) is 25.7. The Morgan fingerprint density at radius 1 is 0.868 bits per heavy atom. The highest BCUT2D eigenvalue weighted by molar-refractivity contribution is 6.13. The average Bonchev–Trinajstić information content (AvgIpc) is 3.09. The Morgan fingerprint density at radius 3 is 2.39 bits per heavy atom. The molecule has 7 nitrogen and oxygen atoms in total. The van der Waals surface area contributed by atoms with Gasteiger partial charge in [0.05, 0.1) is 23.6 Å². The SMILES string of the molecule is O=C1N(Cc2ccccc2)N=C(C2CCCCC2)c2ccccc2N1c1ccc(NC2=NCCCN2)cc1. The first kappa shape index (κ1) is 24.2. The molecular weight excluding hydrogens is 472 g/mol. The fraction of sp³-hybridized carbons (Fsp3) is 0.323. The van der Waals surface area contributed by atoms with Gasteiger partial charge in [0, 0.05) is 30.3 Å². The van der Waals surface area contributed by atoms with Crippen molar-refractivity contribution in [3.05, 3.63) is 90.0 Å². The van der Waals surface area contributed by atoms with Gasteiger partial charge in [0.15, 0.2) is 5.96 Å². The number of hydrazone groups is 1. The number of hydrogen-bond acceptors (Lipinski definition) is 5. The third kappa shape index (κ3) is 5.14. The molecule has 0 aromatic heterocycles. The van der Waals surface area contributed by atoms with Gasteiger partial charge in [0.1, 0.15) is 0 Å². The lowest BCUT2D eigenvalue weighted by atomic mass is 9.83. The molecule has 38 heavy (non-hydrogen) atoms. The molecule has 7 heteroatoms. The van der Waals surface area contributed by atoms with Crippen molar-refractivity contribution < 1.29 is 4.79 Å². The largest absolute Gasteiger partial charge is 0.356 e. The van der Waals surface area contributed by atoms with Gasteiger partial charge < -0.3 is 10.6 Å². The molecule has 0 atom stereocenters. The van der Waals surface area contributed by atoms with Gasteiger partial charge in [-0.1, -0.05) is 67.8 Å². The summed E-state index contributed by atoms with van der Waals surface area (Å²) < 4.78 is 0. The van der Waals surface area contributed by atoms with Crippen LogP contribution >= 0.6 is 0 Å². The lowest BCUT2D eigenvalue weighted by Crippen LogP contribution is -2.37. The van der Waals surface area contributed by atoms with Crippen LogP contribution in [0.25, 0.3) is 0 Å². The molecule has 3 aromatic carbocycles. The first-order chi connectivity index (χ1) is 18.8. The summed E-state index contributed by atoms with van der Waals surface area (Å²) >= 11 is 0. The fourth-order valence-electron chi connectivity index (χ4n) is 5.56. The average molecular weight is 507 g/mol. The number of rotatable bonds is 5. The summed E-state index contributed by atoms with van der Waals surface area (Å²) in [7, 11) is 0. The molecule has 2 heterocycles. The van der Waals surface area contributed by atoms with Gasteiger partial charge in [-0.25, -0.2) is 9.80 Å². The molecule has 3 aliphatic rings. The van der Waals surface area contributed by atoms with E-state index in [1.54, 1.807) is 5.01 Å². The Morgan fingerprint density at radius 2 is 1.63 bits per heavy atom. The Kier molecular flexibility index (Phi) is 7.07. The summed E-state index contributed by atoms with van der Waals surface area (Å²) in [4.78, 5) is 20.6. The van der Waals surface area contributed by atoms with Crippen LogP contribution < -0.4 is 15.5 Å². The van der Waals surface area contributed by atoms with E-state index in [4.69, 9.17) is 5.10 Å². The number of aliphatic imine (C=N–C) groups is 1. The molecular formula is C31H34N6O. The number of guanidine groups is 1. The molecule has 2 amide bonds. The summed E-state index contributed by atoms with van der Waals surface area (Å²) in [6.45, 7) is 2.17. The molecule has 1 saturated carbocycles. The van der Waals surface area contributed by atoms with Gasteiger partial charge in [0.25, 0.3) is 0 Å². The Labute approximate surface area is 224 Å². The van der Waals surface area contributed by atoms with Crippen LogP contribution in [0, 0.1) is 5.92 Å². The van der Waals surface area contributed by atoms with E-state index in [9.17, 15) is 4.79 Å². The van der Waals surface area contributed by atoms with Crippen LogP contribution in [0.15, 0.2) is 89.0 Å². The summed E-state index contributed by atoms with van der Waals surface area (Å²) in [6, 6.07) is 26.2. The summed E-state index contributed by atoms with van der Waals surface area (Å²) in [6.07, 6.45) is 6.95. The zero-order valence-corrected chi connectivity index (χ0v) is 21.6. The number of amides is 2. The molecule has 0 radical (unpaired) electrons. The normalized spacial score (nSPS) is 18.2. The van der Waals surface area contributed by atoms with E-state index in [1.807, 2.05) is 71.6 Å². The third-order valence-electron chi connectivity index (χ3n) is 7.51. The topological polar surface area (TPSA) is 72.3 Å². The van der Waals surface area contributed by atoms with Crippen molar-refractivity contribution in [2.75, 3.05) is 23.3 Å². The molecule has 1 aliphatic carbocycles. The number of benzene rings is 3. The Bertz CT molecular complexity index is 1330. The van der Waals surface area contributed by atoms with Crippen LogP contribution in [0.2, 0.25) is 0 Å². The summed E-state index contributed by atoms with van der Waals surface area (Å²) in [5.74, 6) is 1.14. The van der Waals surface area contributed by atoms with Crippen LogP contribution in [-0.4, -0.2) is 35.8 Å². The first-order valence-electron chi connectivity index (χ1n) is 13.7. The maximum absolute atomic E-state index is 14.2. The smallest absolute Gasteiger partial charge is 0.349 e. The lowest BCUT2D eigenvalue weighted by molar-refractivity contribution is 0.207. The van der Waals surface area contributed by atoms with Gasteiger partial charge in [0.2, 0.25) is 0 Å². The molecule has 2 N–H and O–H groups in total. The highest BCUT2D eigenvalue weighted by atomic mass is 16.2. The highest BCUT2D eigenvalue weighted by Crippen LogP contribution is 2.38. The predicted molar refractivity (Wildman–Crippen MR) is 154 cm³/mol. The van der Waals surface area contributed by atoms with E-state index in [0.29, 0.717) is 12.5 Å². The molecule has 0 spiro atoms. The standard InChI is InChI=1S/C31H34N6O/c38-31-36(22-23-10-3-1-4-11-23)35-29(24-12-5-2-6-13-24)27-14-7-8-15-28(27)37(31)26-18-16-25(17-19-26)34-30-32-20-9-21-33-30/h1,3-4,7-8,10-11,14-19,24H,2,5-6,9,12-13,20-22H2,(H2,32,33,34). The number of anilines is 3. The molecule has 194 valence electrons. The van der Waals surface area contributed by atoms with E-state index >= 15 is 0 Å². The molecule has 2 aliphatic heterocycles. The minimum absolute atomic E-state index is 0.147. The highest BCUT2D eigenvalue weighted by Gasteiger charge is 2.34. The van der Waals surface area contributed by atoms with Crippen molar-refractivity contribution in [1.82, 2.24) is 10.3 Å². The van der Waals surface area contributed by atoms with Crippen LogP contribution in [-0.2, 0) is 6.54 Å². The molecule has 0 saturated heterocycles. The minimum atomic E-state index is -0.147. The van der Waals surface area contributed by atoms with Crippen LogP contribution in [0.1, 0.15) is 49.7 Å². The van der Waals surface area contributed by atoms with Gasteiger partial charge >= 0.3 is 6.03 Å². The van der Waals surface area contributed by atoms with Crippen LogP contribution in [0.3, 0.4) is 0 Å². The molecule has 6 rings (SSSR count). The quantitative estimate of drug-likeness (QED) is 0.415. The van der Waals surface area contributed by atoms with Crippen molar-refractivity contribution in [3.8, 4) is 0 Å². The van der Waals surface area contributed by atoms with Crippen LogP contribution in [0.5, 0.6) is 0 Å². The molecule has 1 fully saturated rings. The van der Waals surface area contributed by atoms with Gasteiger partial charge in [-0.2, -0.15) is 5.10 Å². The predicted octanol–water partition coefficient (Wildman–Crippen LogP) is 6.51. The fourth-order valence-corrected chi connectivity index (χ4v) is 5.56. The number of nitrogens with zero attached hydrogens (tertiary/aromatic N) is 4. The van der Waals surface area contributed by atoms with Crippen molar-refractivity contribution in [1.29, 1.82) is 0 Å². The van der Waals surface area contributed by atoms with Gasteiger partial charge in [-0.15, -0.1) is 0 Å². The maximum atomic E-state index is 14.2. The van der Waals surface area contributed by atoms with E-state index < -0.39 is 0 Å². The van der Waals surface area contributed by atoms with Crippen molar-refractivity contribution in [3.63, 3.8) is 0 Å². The van der Waals surface area contributed by atoms with E-state index in [2.05, 4.69) is 27.8 Å². The number of urea groups is 1. The number of para-hydroxylation sites is 1. The van der Waals surface area contributed by atoms with Crippen molar-refractivity contribution in [2.24, 2.45) is 16.0 Å². The summed E-state index contributed by atoms with van der Waals surface area (Å²) in [5.41, 5.74) is 5.76. The zero-order valence-electron chi connectivity index (χ0n) is 21.6. The summed E-state index contributed by atoms with van der Waals surface area (Å²) in [5, 5.41) is 13.4. The van der Waals surface area contributed by atoms with Crippen molar-refractivity contribution >= 4 is 34.8 Å². The van der Waals surface area contributed by atoms with E-state index in [0.717, 1.165) is 72.2 Å². The Balaban J connectivity index is 1.38. The molecule has 0 unspecified atom stereocenters. The number of fused-ring (bicyclic) bond motifs is 1. The molecule has 3 aromatic rings. The van der Waals surface area contributed by atoms with Crippen LogP contribution in [0.4, 0.5) is 21.9 Å². The number of carbonyl (C=O) groups is 1. The number of nitrogens with one attached hydrogen (secondary N) is 2. The monoisotopic (exact) mass is 506 g/mol. The Hall–Kier alpha value is -4.13. The second kappa shape index (κ2) is 11.1.